The average molecular weight is 241 g/mol. The molecule has 0 aliphatic carbocycles. The van der Waals surface area contributed by atoms with Crippen LogP contribution in [0.1, 0.15) is 15.9 Å². The number of carbonyl (C=O) groups is 1. The Kier molecular flexibility index (Phi) is 3.91. The lowest BCUT2D eigenvalue weighted by Crippen LogP contribution is -2.25. The minimum absolute atomic E-state index is 0.0844. The fraction of sp³-hybridized carbons (Fsp3) is 0.143. The van der Waals surface area contributed by atoms with E-state index in [2.05, 4.69) is 10.3 Å². The Morgan fingerprint density at radius 2 is 2.00 bits per heavy atom. The van der Waals surface area contributed by atoms with Crippen LogP contribution < -0.4 is 11.1 Å². The van der Waals surface area contributed by atoms with E-state index in [-0.39, 0.29) is 5.91 Å². The van der Waals surface area contributed by atoms with Crippen LogP contribution in [0.3, 0.4) is 0 Å². The maximum atomic E-state index is 11.8. The maximum absolute atomic E-state index is 11.8. The van der Waals surface area contributed by atoms with E-state index in [9.17, 15) is 4.79 Å². The normalized spacial score (nSPS) is 10.0. The number of anilines is 1. The van der Waals surface area contributed by atoms with Gasteiger partial charge < -0.3 is 11.1 Å². The molecule has 0 atom stereocenters. The van der Waals surface area contributed by atoms with Crippen molar-refractivity contribution in [3.63, 3.8) is 0 Å². The summed E-state index contributed by atoms with van der Waals surface area (Å²) in [7, 11) is 0. The molecule has 2 rings (SSSR count). The molecular weight excluding hydrogens is 226 g/mol. The van der Waals surface area contributed by atoms with Crippen LogP contribution in [0.15, 0.2) is 48.8 Å². The summed E-state index contributed by atoms with van der Waals surface area (Å²) >= 11 is 0. The molecule has 4 heteroatoms. The molecule has 92 valence electrons. The number of nitrogens with one attached hydrogen (secondary N) is 1. The second-order valence-electron chi connectivity index (χ2n) is 3.99. The highest BCUT2D eigenvalue weighted by atomic mass is 16.1. The van der Waals surface area contributed by atoms with E-state index in [1.54, 1.807) is 36.7 Å². The van der Waals surface area contributed by atoms with E-state index in [0.29, 0.717) is 17.8 Å². The summed E-state index contributed by atoms with van der Waals surface area (Å²) in [5.74, 6) is -0.0844. The summed E-state index contributed by atoms with van der Waals surface area (Å²) < 4.78 is 0. The van der Waals surface area contributed by atoms with Gasteiger partial charge in [-0.05, 0) is 42.3 Å². The van der Waals surface area contributed by atoms with Gasteiger partial charge in [-0.15, -0.1) is 0 Å². The Morgan fingerprint density at radius 3 is 2.67 bits per heavy atom. The molecule has 2 aromatic rings. The van der Waals surface area contributed by atoms with Gasteiger partial charge in [-0.1, -0.05) is 6.07 Å². The first-order valence-corrected chi connectivity index (χ1v) is 5.78. The van der Waals surface area contributed by atoms with Gasteiger partial charge in [-0.2, -0.15) is 0 Å². The lowest BCUT2D eigenvalue weighted by molar-refractivity contribution is 0.0954. The Hall–Kier alpha value is -2.36. The number of nitrogens with two attached hydrogens (primary N) is 1. The van der Waals surface area contributed by atoms with Crippen molar-refractivity contribution in [1.82, 2.24) is 10.3 Å². The number of hydrogen-bond donors (Lipinski definition) is 2. The summed E-state index contributed by atoms with van der Waals surface area (Å²) in [6.45, 7) is 0.592. The monoisotopic (exact) mass is 241 g/mol. The van der Waals surface area contributed by atoms with Crippen molar-refractivity contribution in [3.05, 3.63) is 59.9 Å². The van der Waals surface area contributed by atoms with Gasteiger partial charge in [0.2, 0.25) is 0 Å². The molecule has 0 aliphatic heterocycles. The van der Waals surface area contributed by atoms with Gasteiger partial charge >= 0.3 is 0 Å². The van der Waals surface area contributed by atoms with Crippen LogP contribution in [0.25, 0.3) is 0 Å². The van der Waals surface area contributed by atoms with E-state index in [1.165, 1.54) is 0 Å². The zero-order valence-corrected chi connectivity index (χ0v) is 9.97. The highest BCUT2D eigenvalue weighted by Crippen LogP contribution is 2.05. The third-order valence-electron chi connectivity index (χ3n) is 2.59. The zero-order chi connectivity index (χ0) is 12.8. The van der Waals surface area contributed by atoms with Crippen LogP contribution in [0.2, 0.25) is 0 Å². The number of rotatable bonds is 4. The molecule has 0 saturated carbocycles. The molecule has 0 radical (unpaired) electrons. The molecule has 0 bridgehead atoms. The molecule has 4 nitrogen and oxygen atoms in total. The fourth-order valence-electron chi connectivity index (χ4n) is 1.60. The van der Waals surface area contributed by atoms with Crippen LogP contribution in [0, 0.1) is 0 Å². The fourth-order valence-corrected chi connectivity index (χ4v) is 1.60. The van der Waals surface area contributed by atoms with Crippen LogP contribution >= 0.6 is 0 Å². The molecule has 0 saturated heterocycles. The summed E-state index contributed by atoms with van der Waals surface area (Å²) in [6.07, 6.45) is 4.31. The highest BCUT2D eigenvalue weighted by Gasteiger charge is 2.03. The molecule has 3 N–H and O–H groups in total. The number of pyridine rings is 1. The van der Waals surface area contributed by atoms with Gasteiger partial charge in [-0.25, -0.2) is 0 Å². The highest BCUT2D eigenvalue weighted by molar-refractivity contribution is 5.94. The number of benzene rings is 1. The topological polar surface area (TPSA) is 68.0 Å². The van der Waals surface area contributed by atoms with Crippen LogP contribution in [0.5, 0.6) is 0 Å². The minimum atomic E-state index is -0.0844. The molecule has 1 aromatic heterocycles. The second kappa shape index (κ2) is 5.82. The van der Waals surface area contributed by atoms with E-state index in [4.69, 9.17) is 5.73 Å². The molecule has 0 aliphatic rings. The van der Waals surface area contributed by atoms with Crippen molar-refractivity contribution in [2.75, 3.05) is 12.3 Å². The summed E-state index contributed by atoms with van der Waals surface area (Å²) in [5.41, 5.74) is 7.95. The Balaban J connectivity index is 1.84. The predicted molar refractivity (Wildman–Crippen MR) is 71.1 cm³/mol. The van der Waals surface area contributed by atoms with Gasteiger partial charge in [0.25, 0.3) is 5.91 Å². The Morgan fingerprint density at radius 1 is 1.22 bits per heavy atom. The van der Waals surface area contributed by atoms with Gasteiger partial charge in [-0.3, -0.25) is 9.78 Å². The third kappa shape index (κ3) is 3.31. The van der Waals surface area contributed by atoms with E-state index in [0.717, 1.165) is 12.0 Å². The maximum Gasteiger partial charge on any atom is 0.251 e. The van der Waals surface area contributed by atoms with Crippen LogP contribution in [-0.2, 0) is 6.42 Å². The van der Waals surface area contributed by atoms with E-state index in [1.807, 2.05) is 12.1 Å². The van der Waals surface area contributed by atoms with Gasteiger partial charge in [0, 0.05) is 30.2 Å². The molecule has 1 amide bonds. The summed E-state index contributed by atoms with van der Waals surface area (Å²) in [6, 6.07) is 10.7. The second-order valence-corrected chi connectivity index (χ2v) is 3.99. The average Bonchev–Trinajstić information content (AvgIpc) is 2.40. The van der Waals surface area contributed by atoms with E-state index < -0.39 is 0 Å². The van der Waals surface area contributed by atoms with Crippen LogP contribution in [-0.4, -0.2) is 17.4 Å². The van der Waals surface area contributed by atoms with Crippen molar-refractivity contribution in [2.45, 2.75) is 6.42 Å². The zero-order valence-electron chi connectivity index (χ0n) is 9.97. The Bertz CT molecular complexity index is 508. The summed E-state index contributed by atoms with van der Waals surface area (Å²) in [4.78, 5) is 15.8. The van der Waals surface area contributed by atoms with Crippen molar-refractivity contribution < 1.29 is 4.79 Å². The molecule has 0 unspecified atom stereocenters. The standard InChI is InChI=1S/C14H15N3O/c15-13-5-3-12(4-6-13)14(18)17-9-7-11-2-1-8-16-10-11/h1-6,8,10H,7,9,15H2,(H,17,18). The van der Waals surface area contributed by atoms with E-state index >= 15 is 0 Å². The quantitative estimate of drug-likeness (QED) is 0.799. The third-order valence-corrected chi connectivity index (χ3v) is 2.59. The van der Waals surface area contributed by atoms with Crippen LogP contribution in [0.4, 0.5) is 5.69 Å². The number of amides is 1. The summed E-state index contributed by atoms with van der Waals surface area (Å²) in [5, 5.41) is 2.86. The van der Waals surface area contributed by atoms with Crippen molar-refractivity contribution in [1.29, 1.82) is 0 Å². The lowest BCUT2D eigenvalue weighted by Gasteiger charge is -2.05. The largest absolute Gasteiger partial charge is 0.399 e. The minimum Gasteiger partial charge on any atom is -0.399 e. The van der Waals surface area contributed by atoms with Crippen molar-refractivity contribution >= 4 is 11.6 Å². The molecule has 18 heavy (non-hydrogen) atoms. The Labute approximate surface area is 106 Å². The number of nitrogens with zero attached hydrogens (tertiary/aromatic N) is 1. The number of carbonyl (C=O) groups excluding carboxylic acids is 1. The van der Waals surface area contributed by atoms with Crippen molar-refractivity contribution in [3.8, 4) is 0 Å². The number of aromatic nitrogens is 1. The van der Waals surface area contributed by atoms with Gasteiger partial charge in [0.1, 0.15) is 0 Å². The lowest BCUT2D eigenvalue weighted by atomic mass is 10.2. The predicted octanol–water partition coefficient (Wildman–Crippen LogP) is 1.64. The first kappa shape index (κ1) is 12.1. The molecule has 0 fully saturated rings. The van der Waals surface area contributed by atoms with Crippen molar-refractivity contribution in [2.24, 2.45) is 0 Å². The number of nitrogen functional groups attached to an aromatic ring is 1. The SMILES string of the molecule is Nc1ccc(C(=O)NCCc2cccnc2)cc1. The first-order valence-electron chi connectivity index (χ1n) is 5.78. The first-order chi connectivity index (χ1) is 8.75. The molecule has 1 heterocycles. The molecular formula is C14H15N3O. The van der Waals surface area contributed by atoms with Gasteiger partial charge in [0.05, 0.1) is 0 Å². The van der Waals surface area contributed by atoms with Gasteiger partial charge in [0.15, 0.2) is 0 Å². The number of hydrogen-bond acceptors (Lipinski definition) is 3. The smallest absolute Gasteiger partial charge is 0.251 e. The molecule has 0 spiro atoms. The molecule has 1 aromatic carbocycles.